The summed E-state index contributed by atoms with van der Waals surface area (Å²) in [6.45, 7) is 4.26. The van der Waals surface area contributed by atoms with Gasteiger partial charge in [0.25, 0.3) is 0 Å². The molecule has 2 heterocycles. The summed E-state index contributed by atoms with van der Waals surface area (Å²) < 4.78 is 0. The number of aromatic amines is 1. The van der Waals surface area contributed by atoms with Crippen molar-refractivity contribution in [1.82, 2.24) is 9.97 Å². The Morgan fingerprint density at radius 2 is 1.71 bits per heavy atom. The van der Waals surface area contributed by atoms with Gasteiger partial charge < -0.3 is 4.98 Å². The van der Waals surface area contributed by atoms with Crippen LogP contribution in [0, 0.1) is 13.8 Å². The van der Waals surface area contributed by atoms with E-state index in [2.05, 4.69) is 72.3 Å². The summed E-state index contributed by atoms with van der Waals surface area (Å²) in [5.41, 5.74) is 5.81. The second-order valence-electron chi connectivity index (χ2n) is 5.52. The number of nitrogens with one attached hydrogen (secondary N) is 1. The van der Waals surface area contributed by atoms with Crippen LogP contribution in [0.5, 0.6) is 0 Å². The first kappa shape index (κ1) is 12.2. The number of benzene rings is 2. The fraction of sp³-hybridized carbons (Fsp3) is 0.105. The maximum Gasteiger partial charge on any atom is 0.0943 e. The van der Waals surface area contributed by atoms with E-state index in [9.17, 15) is 0 Å². The summed E-state index contributed by atoms with van der Waals surface area (Å²) in [4.78, 5) is 8.09. The van der Waals surface area contributed by atoms with Crippen molar-refractivity contribution < 1.29 is 0 Å². The van der Waals surface area contributed by atoms with E-state index in [0.717, 1.165) is 16.8 Å². The monoisotopic (exact) mass is 272 g/mol. The molecule has 0 amide bonds. The average molecular weight is 272 g/mol. The van der Waals surface area contributed by atoms with Crippen molar-refractivity contribution in [3.05, 3.63) is 66.0 Å². The Morgan fingerprint density at radius 1 is 0.905 bits per heavy atom. The van der Waals surface area contributed by atoms with Gasteiger partial charge in [0.1, 0.15) is 0 Å². The minimum Gasteiger partial charge on any atom is -0.357 e. The molecule has 0 spiro atoms. The standard InChI is InChI=1S/C19H16N2/c1-12-13(2)21-19-17(12)9-10-20-18(19)16-8-7-14-5-3-4-6-15(14)11-16/h3-11,21H,1-2H3. The topological polar surface area (TPSA) is 28.7 Å². The van der Waals surface area contributed by atoms with E-state index in [-0.39, 0.29) is 0 Å². The van der Waals surface area contributed by atoms with Gasteiger partial charge in [0, 0.05) is 22.8 Å². The molecular formula is C19H16N2. The lowest BCUT2D eigenvalue weighted by Crippen LogP contribution is -1.86. The molecule has 2 heteroatoms. The molecule has 0 bridgehead atoms. The molecule has 2 aromatic carbocycles. The van der Waals surface area contributed by atoms with Gasteiger partial charge in [0.2, 0.25) is 0 Å². The van der Waals surface area contributed by atoms with Crippen molar-refractivity contribution >= 4 is 21.7 Å². The highest BCUT2D eigenvalue weighted by atomic mass is 14.8. The second kappa shape index (κ2) is 4.45. The predicted octanol–water partition coefficient (Wildman–Crippen LogP) is 5.00. The summed E-state index contributed by atoms with van der Waals surface area (Å²) in [5, 5.41) is 3.76. The molecule has 0 saturated carbocycles. The molecule has 0 unspecified atom stereocenters. The Hall–Kier alpha value is -2.61. The van der Waals surface area contributed by atoms with E-state index >= 15 is 0 Å². The van der Waals surface area contributed by atoms with Crippen molar-refractivity contribution in [2.45, 2.75) is 13.8 Å². The van der Waals surface area contributed by atoms with Crippen molar-refractivity contribution in [2.24, 2.45) is 0 Å². The second-order valence-corrected chi connectivity index (χ2v) is 5.52. The number of fused-ring (bicyclic) bond motifs is 2. The van der Waals surface area contributed by atoms with Crippen LogP contribution in [0.2, 0.25) is 0 Å². The summed E-state index contributed by atoms with van der Waals surface area (Å²) >= 11 is 0. The number of H-pyrrole nitrogens is 1. The van der Waals surface area contributed by atoms with Crippen LogP contribution in [0.3, 0.4) is 0 Å². The summed E-state index contributed by atoms with van der Waals surface area (Å²) in [5.74, 6) is 0. The molecule has 2 aromatic heterocycles. The normalized spacial score (nSPS) is 11.3. The van der Waals surface area contributed by atoms with Crippen molar-refractivity contribution in [2.75, 3.05) is 0 Å². The molecule has 0 aliphatic rings. The van der Waals surface area contributed by atoms with E-state index in [1.807, 2.05) is 6.20 Å². The largest absolute Gasteiger partial charge is 0.357 e. The van der Waals surface area contributed by atoms with Gasteiger partial charge in [0.15, 0.2) is 0 Å². The van der Waals surface area contributed by atoms with E-state index < -0.39 is 0 Å². The average Bonchev–Trinajstić information content (AvgIpc) is 2.82. The van der Waals surface area contributed by atoms with Gasteiger partial charge in [-0.15, -0.1) is 0 Å². The highest BCUT2D eigenvalue weighted by Gasteiger charge is 2.11. The smallest absolute Gasteiger partial charge is 0.0943 e. The van der Waals surface area contributed by atoms with Crippen LogP contribution in [0.15, 0.2) is 54.7 Å². The lowest BCUT2D eigenvalue weighted by Gasteiger charge is -2.05. The maximum absolute atomic E-state index is 4.61. The highest BCUT2D eigenvalue weighted by Crippen LogP contribution is 2.30. The molecule has 21 heavy (non-hydrogen) atoms. The fourth-order valence-corrected chi connectivity index (χ4v) is 2.94. The molecule has 4 aromatic rings. The third-order valence-corrected chi connectivity index (χ3v) is 4.25. The molecule has 0 aliphatic carbocycles. The number of nitrogens with zero attached hydrogens (tertiary/aromatic N) is 1. The zero-order valence-corrected chi connectivity index (χ0v) is 12.1. The first-order chi connectivity index (χ1) is 10.2. The highest BCUT2D eigenvalue weighted by molar-refractivity contribution is 5.97. The Kier molecular flexibility index (Phi) is 2.58. The zero-order valence-electron chi connectivity index (χ0n) is 12.1. The number of aromatic nitrogens is 2. The van der Waals surface area contributed by atoms with Crippen LogP contribution < -0.4 is 0 Å². The van der Waals surface area contributed by atoms with Gasteiger partial charge in [-0.05, 0) is 42.3 Å². The number of aryl methyl sites for hydroxylation is 2. The predicted molar refractivity (Wildman–Crippen MR) is 88.5 cm³/mol. The molecular weight excluding hydrogens is 256 g/mol. The molecule has 0 aliphatic heterocycles. The third kappa shape index (κ3) is 1.83. The SMILES string of the molecule is Cc1[nH]c2c(-c3ccc4ccccc4c3)nccc2c1C. The fourth-order valence-electron chi connectivity index (χ4n) is 2.94. The first-order valence-electron chi connectivity index (χ1n) is 7.17. The number of hydrogen-bond donors (Lipinski definition) is 1. The number of rotatable bonds is 1. The minimum atomic E-state index is 1.02. The van der Waals surface area contributed by atoms with E-state index in [0.29, 0.717) is 0 Å². The van der Waals surface area contributed by atoms with Crippen LogP contribution in [-0.2, 0) is 0 Å². The van der Waals surface area contributed by atoms with Crippen LogP contribution >= 0.6 is 0 Å². The molecule has 2 nitrogen and oxygen atoms in total. The molecule has 102 valence electrons. The van der Waals surface area contributed by atoms with Crippen molar-refractivity contribution in [1.29, 1.82) is 0 Å². The lowest BCUT2D eigenvalue weighted by molar-refractivity contribution is 1.25. The summed E-state index contributed by atoms with van der Waals surface area (Å²) in [7, 11) is 0. The Bertz CT molecular complexity index is 964. The summed E-state index contributed by atoms with van der Waals surface area (Å²) in [6.07, 6.45) is 1.90. The van der Waals surface area contributed by atoms with Gasteiger partial charge in [-0.3, -0.25) is 4.98 Å². The number of pyridine rings is 1. The zero-order chi connectivity index (χ0) is 14.4. The number of hydrogen-bond acceptors (Lipinski definition) is 1. The van der Waals surface area contributed by atoms with Gasteiger partial charge in [-0.2, -0.15) is 0 Å². The van der Waals surface area contributed by atoms with E-state index in [1.165, 1.54) is 27.4 Å². The molecule has 0 fully saturated rings. The third-order valence-electron chi connectivity index (χ3n) is 4.25. The van der Waals surface area contributed by atoms with Gasteiger partial charge in [-0.25, -0.2) is 0 Å². The van der Waals surface area contributed by atoms with Crippen LogP contribution in [0.1, 0.15) is 11.3 Å². The minimum absolute atomic E-state index is 1.02. The first-order valence-corrected chi connectivity index (χ1v) is 7.17. The Morgan fingerprint density at radius 3 is 2.57 bits per heavy atom. The van der Waals surface area contributed by atoms with Crippen LogP contribution in [0.4, 0.5) is 0 Å². The Labute approximate surface area is 123 Å². The van der Waals surface area contributed by atoms with Gasteiger partial charge in [0.05, 0.1) is 11.2 Å². The maximum atomic E-state index is 4.61. The lowest BCUT2D eigenvalue weighted by atomic mass is 10.0. The van der Waals surface area contributed by atoms with Crippen molar-refractivity contribution in [3.8, 4) is 11.3 Å². The molecule has 0 atom stereocenters. The molecule has 0 saturated heterocycles. The molecule has 4 rings (SSSR count). The van der Waals surface area contributed by atoms with E-state index in [4.69, 9.17) is 0 Å². The Balaban J connectivity index is 2.01. The molecule has 0 radical (unpaired) electrons. The van der Waals surface area contributed by atoms with Crippen molar-refractivity contribution in [3.63, 3.8) is 0 Å². The molecule has 1 N–H and O–H groups in total. The van der Waals surface area contributed by atoms with Gasteiger partial charge >= 0.3 is 0 Å². The van der Waals surface area contributed by atoms with Crippen LogP contribution in [0.25, 0.3) is 32.9 Å². The van der Waals surface area contributed by atoms with E-state index in [1.54, 1.807) is 0 Å². The van der Waals surface area contributed by atoms with Crippen LogP contribution in [-0.4, -0.2) is 9.97 Å². The van der Waals surface area contributed by atoms with Gasteiger partial charge in [-0.1, -0.05) is 36.4 Å². The quantitative estimate of drug-likeness (QED) is 0.519. The summed E-state index contributed by atoms with van der Waals surface area (Å²) in [6, 6.07) is 17.0.